The summed E-state index contributed by atoms with van der Waals surface area (Å²) in [4.78, 5) is 49.7. The Balaban J connectivity index is 2.14. The Kier molecular flexibility index (Phi) is 6.38. The van der Waals surface area contributed by atoms with Crippen molar-refractivity contribution in [2.45, 2.75) is 32.2 Å². The predicted molar refractivity (Wildman–Crippen MR) is 97.0 cm³/mol. The third-order valence-corrected chi connectivity index (χ3v) is 4.38. The van der Waals surface area contributed by atoms with Crippen molar-refractivity contribution < 1.29 is 23.9 Å². The van der Waals surface area contributed by atoms with Crippen molar-refractivity contribution in [3.63, 3.8) is 0 Å². The quantitative estimate of drug-likeness (QED) is 0.616. The maximum absolute atomic E-state index is 12.9. The smallest absolute Gasteiger partial charge is 0.325 e. The summed E-state index contributed by atoms with van der Waals surface area (Å²) >= 11 is 0. The Bertz CT molecular complexity index is 734. The third kappa shape index (κ3) is 4.18. The highest BCUT2D eigenvalue weighted by molar-refractivity contribution is 6.10. The molecule has 9 nitrogen and oxygen atoms in total. The van der Waals surface area contributed by atoms with Gasteiger partial charge in [-0.25, -0.2) is 9.59 Å². The molecule has 0 radical (unpaired) electrons. The normalized spacial score (nSPS) is 18.9. The molecular formula is C18H24N4O5. The van der Waals surface area contributed by atoms with Crippen LogP contribution in [-0.2, 0) is 15.1 Å². The van der Waals surface area contributed by atoms with Gasteiger partial charge in [-0.3, -0.25) is 19.8 Å². The number of rotatable bonds is 7. The van der Waals surface area contributed by atoms with Crippen molar-refractivity contribution in [3.8, 4) is 5.75 Å². The Morgan fingerprint density at radius 3 is 2.41 bits per heavy atom. The first-order valence-corrected chi connectivity index (χ1v) is 8.74. The molecule has 27 heavy (non-hydrogen) atoms. The third-order valence-electron chi connectivity index (χ3n) is 4.38. The second-order valence-electron chi connectivity index (χ2n) is 6.11. The zero-order valence-electron chi connectivity index (χ0n) is 15.6. The van der Waals surface area contributed by atoms with E-state index in [2.05, 4.69) is 16.0 Å². The fourth-order valence-corrected chi connectivity index (χ4v) is 2.88. The molecule has 2 rings (SSSR count). The number of methoxy groups -OCH3 is 1. The van der Waals surface area contributed by atoms with Crippen LogP contribution in [-0.4, -0.2) is 49.0 Å². The number of nitrogens with zero attached hydrogens (tertiary/aromatic N) is 1. The molecule has 3 N–H and O–H groups in total. The molecular weight excluding hydrogens is 352 g/mol. The highest BCUT2D eigenvalue weighted by Gasteiger charge is 2.51. The van der Waals surface area contributed by atoms with E-state index in [9.17, 15) is 19.2 Å². The van der Waals surface area contributed by atoms with E-state index in [4.69, 9.17) is 4.74 Å². The summed E-state index contributed by atoms with van der Waals surface area (Å²) in [5.74, 6) is -0.658. The molecule has 1 aliphatic heterocycles. The van der Waals surface area contributed by atoms with Crippen molar-refractivity contribution in [2.75, 3.05) is 20.2 Å². The average molecular weight is 376 g/mol. The van der Waals surface area contributed by atoms with Gasteiger partial charge in [0.15, 0.2) is 0 Å². The van der Waals surface area contributed by atoms with Crippen LogP contribution in [0.15, 0.2) is 24.3 Å². The molecule has 0 saturated carbocycles. The van der Waals surface area contributed by atoms with Gasteiger partial charge < -0.3 is 15.4 Å². The zero-order valence-corrected chi connectivity index (χ0v) is 15.6. The van der Waals surface area contributed by atoms with Crippen molar-refractivity contribution >= 4 is 23.9 Å². The van der Waals surface area contributed by atoms with E-state index >= 15 is 0 Å². The number of amides is 6. The van der Waals surface area contributed by atoms with Gasteiger partial charge in [-0.1, -0.05) is 26.0 Å². The van der Waals surface area contributed by atoms with E-state index in [-0.39, 0.29) is 0 Å². The van der Waals surface area contributed by atoms with E-state index in [1.165, 1.54) is 7.11 Å². The predicted octanol–water partition coefficient (Wildman–Crippen LogP) is 1.09. The number of nitrogens with one attached hydrogen (secondary N) is 3. The molecule has 1 saturated heterocycles. The topological polar surface area (TPSA) is 117 Å². The van der Waals surface area contributed by atoms with Crippen molar-refractivity contribution in [3.05, 3.63) is 29.8 Å². The average Bonchev–Trinajstić information content (AvgIpc) is 2.91. The van der Waals surface area contributed by atoms with Crippen molar-refractivity contribution in [2.24, 2.45) is 0 Å². The lowest BCUT2D eigenvalue weighted by Crippen LogP contribution is -2.47. The summed E-state index contributed by atoms with van der Waals surface area (Å²) in [5, 5.41) is 7.27. The molecule has 0 bridgehead atoms. The van der Waals surface area contributed by atoms with Gasteiger partial charge in [0.25, 0.3) is 5.91 Å². The summed E-state index contributed by atoms with van der Waals surface area (Å²) in [7, 11) is 1.53. The minimum atomic E-state index is -1.26. The van der Waals surface area contributed by atoms with Crippen LogP contribution in [0.3, 0.4) is 0 Å². The molecule has 6 amide bonds. The van der Waals surface area contributed by atoms with Gasteiger partial charge in [0.05, 0.1) is 7.11 Å². The molecule has 0 aliphatic carbocycles. The van der Waals surface area contributed by atoms with Gasteiger partial charge in [0.1, 0.15) is 17.8 Å². The summed E-state index contributed by atoms with van der Waals surface area (Å²) < 4.78 is 5.11. The number of urea groups is 2. The van der Waals surface area contributed by atoms with Gasteiger partial charge in [-0.2, -0.15) is 0 Å². The van der Waals surface area contributed by atoms with Crippen LogP contribution in [0.1, 0.15) is 32.3 Å². The van der Waals surface area contributed by atoms with E-state index in [0.717, 1.165) is 11.3 Å². The fourth-order valence-electron chi connectivity index (χ4n) is 2.88. The maximum atomic E-state index is 12.9. The summed E-state index contributed by atoms with van der Waals surface area (Å²) in [6, 6.07) is 5.44. The monoisotopic (exact) mass is 376 g/mol. The lowest BCUT2D eigenvalue weighted by atomic mass is 9.87. The molecule has 1 aromatic carbocycles. The molecule has 9 heteroatoms. The number of carbonyl (C=O) groups excluding carboxylic acids is 4. The summed E-state index contributed by atoms with van der Waals surface area (Å²) in [6.45, 7) is 3.52. The molecule has 1 fully saturated rings. The van der Waals surface area contributed by atoms with E-state index in [0.29, 0.717) is 24.3 Å². The van der Waals surface area contributed by atoms with Crippen LogP contribution in [0, 0.1) is 0 Å². The summed E-state index contributed by atoms with van der Waals surface area (Å²) in [6.07, 6.45) is 1.02. The Morgan fingerprint density at radius 2 is 1.85 bits per heavy atom. The number of hydrogen-bond acceptors (Lipinski definition) is 5. The minimum absolute atomic E-state index is 0.305. The standard InChI is InChI=1S/C18H24N4O5/c1-4-10-19-16(25)20-14(23)11-22-15(24)18(5-2,21-17(22)26)12-6-8-13(27-3)9-7-12/h6-9H,4-5,10-11H2,1-3H3,(H,21,26)(H2,19,20,23,25)/t18-/m0/s1. The second-order valence-corrected chi connectivity index (χ2v) is 6.11. The first kappa shape index (κ1) is 20.2. The van der Waals surface area contributed by atoms with E-state index < -0.39 is 36.0 Å². The highest BCUT2D eigenvalue weighted by Crippen LogP contribution is 2.33. The molecule has 1 aliphatic rings. The number of ether oxygens (including phenoxy) is 1. The highest BCUT2D eigenvalue weighted by atomic mass is 16.5. The molecule has 146 valence electrons. The van der Waals surface area contributed by atoms with Gasteiger partial charge in [0.2, 0.25) is 5.91 Å². The Morgan fingerprint density at radius 1 is 1.19 bits per heavy atom. The molecule has 1 aromatic rings. The van der Waals surface area contributed by atoms with Crippen LogP contribution in [0.25, 0.3) is 0 Å². The van der Waals surface area contributed by atoms with E-state index in [1.54, 1.807) is 31.2 Å². The minimum Gasteiger partial charge on any atom is -0.497 e. The van der Waals surface area contributed by atoms with Gasteiger partial charge in [-0.15, -0.1) is 0 Å². The van der Waals surface area contributed by atoms with Crippen LogP contribution >= 0.6 is 0 Å². The zero-order chi connectivity index (χ0) is 20.0. The van der Waals surface area contributed by atoms with Crippen molar-refractivity contribution in [1.82, 2.24) is 20.9 Å². The van der Waals surface area contributed by atoms with Crippen LogP contribution < -0.4 is 20.7 Å². The van der Waals surface area contributed by atoms with Crippen molar-refractivity contribution in [1.29, 1.82) is 0 Å². The molecule has 1 atom stereocenters. The molecule has 0 unspecified atom stereocenters. The van der Waals surface area contributed by atoms with Crippen LogP contribution in [0.2, 0.25) is 0 Å². The van der Waals surface area contributed by atoms with Gasteiger partial charge in [0, 0.05) is 6.54 Å². The Labute approximate surface area is 157 Å². The first-order valence-electron chi connectivity index (χ1n) is 8.74. The number of carbonyl (C=O) groups is 4. The van der Waals surface area contributed by atoms with Crippen LogP contribution in [0.5, 0.6) is 5.75 Å². The van der Waals surface area contributed by atoms with Gasteiger partial charge >= 0.3 is 12.1 Å². The largest absolute Gasteiger partial charge is 0.497 e. The number of imide groups is 2. The molecule has 0 aromatic heterocycles. The molecule has 1 heterocycles. The first-order chi connectivity index (χ1) is 12.9. The lowest BCUT2D eigenvalue weighted by molar-refractivity contribution is -0.135. The lowest BCUT2D eigenvalue weighted by Gasteiger charge is -2.25. The summed E-state index contributed by atoms with van der Waals surface area (Å²) in [5.41, 5.74) is -0.665. The SMILES string of the molecule is CCCNC(=O)NC(=O)CN1C(=O)N[C@@](CC)(c2ccc(OC)cc2)C1=O. The number of hydrogen-bond donors (Lipinski definition) is 3. The maximum Gasteiger partial charge on any atom is 0.325 e. The van der Waals surface area contributed by atoms with Crippen LogP contribution in [0.4, 0.5) is 9.59 Å². The Hall–Kier alpha value is -3.10. The fraction of sp³-hybridized carbons (Fsp3) is 0.444. The molecule has 0 spiro atoms. The second kappa shape index (κ2) is 8.52. The van der Waals surface area contributed by atoms with Gasteiger partial charge in [-0.05, 0) is 30.5 Å². The number of benzene rings is 1. The van der Waals surface area contributed by atoms with E-state index in [1.807, 2.05) is 6.92 Å².